The fourth-order valence-corrected chi connectivity index (χ4v) is 2.69. The number of nitrogens with one attached hydrogen (secondary N) is 1. The van der Waals surface area contributed by atoms with Crippen LogP contribution in [0.4, 0.5) is 0 Å². The highest BCUT2D eigenvalue weighted by atomic mass is 16.5. The van der Waals surface area contributed by atoms with Crippen LogP contribution in [0.3, 0.4) is 0 Å². The average Bonchev–Trinajstić information content (AvgIpc) is 2.47. The molecule has 2 aliphatic rings. The molecule has 18 heavy (non-hydrogen) atoms. The van der Waals surface area contributed by atoms with Crippen LogP contribution in [0.1, 0.15) is 17.2 Å². The molecular weight excluding hydrogens is 228 g/mol. The molecule has 0 aliphatic carbocycles. The first kappa shape index (κ1) is 11.7. The Morgan fingerprint density at radius 1 is 1.28 bits per heavy atom. The lowest BCUT2D eigenvalue weighted by Crippen LogP contribution is -2.48. The van der Waals surface area contributed by atoms with E-state index in [-0.39, 0.29) is 11.9 Å². The lowest BCUT2D eigenvalue weighted by Gasteiger charge is -2.33. The van der Waals surface area contributed by atoms with Crippen molar-refractivity contribution in [3.05, 3.63) is 35.4 Å². The number of rotatable bonds is 1. The zero-order valence-electron chi connectivity index (χ0n) is 10.4. The summed E-state index contributed by atoms with van der Waals surface area (Å²) in [6.45, 7) is 3.59. The molecule has 1 fully saturated rings. The topological polar surface area (TPSA) is 41.6 Å². The predicted octanol–water partition coefficient (Wildman–Crippen LogP) is 0.732. The fourth-order valence-electron chi connectivity index (χ4n) is 2.69. The lowest BCUT2D eigenvalue weighted by atomic mass is 9.93. The van der Waals surface area contributed by atoms with Crippen molar-refractivity contribution in [3.8, 4) is 0 Å². The van der Waals surface area contributed by atoms with Crippen molar-refractivity contribution in [2.75, 3.05) is 32.8 Å². The van der Waals surface area contributed by atoms with Crippen LogP contribution < -0.4 is 5.32 Å². The van der Waals surface area contributed by atoms with E-state index < -0.39 is 0 Å². The van der Waals surface area contributed by atoms with Crippen LogP contribution in [0, 0.1) is 0 Å². The van der Waals surface area contributed by atoms with Crippen molar-refractivity contribution in [2.24, 2.45) is 0 Å². The molecule has 2 heterocycles. The molecule has 0 saturated carbocycles. The third kappa shape index (κ3) is 2.13. The number of benzene rings is 1. The van der Waals surface area contributed by atoms with E-state index in [0.29, 0.717) is 26.3 Å². The third-order valence-corrected chi connectivity index (χ3v) is 3.68. The van der Waals surface area contributed by atoms with E-state index in [1.807, 2.05) is 17.0 Å². The summed E-state index contributed by atoms with van der Waals surface area (Å²) < 4.78 is 5.29. The van der Waals surface area contributed by atoms with Crippen LogP contribution in [-0.2, 0) is 16.0 Å². The summed E-state index contributed by atoms with van der Waals surface area (Å²) in [5, 5.41) is 3.34. The molecule has 1 aromatic carbocycles. The standard InChI is InChI=1S/C14H18N2O2/c17-14(16-7-9-18-10-8-16)13-12-4-2-1-3-11(12)5-6-15-13/h1-4,13,15H,5-10H2. The van der Waals surface area contributed by atoms with Gasteiger partial charge in [0.05, 0.1) is 13.2 Å². The van der Waals surface area contributed by atoms with Gasteiger partial charge in [0, 0.05) is 19.6 Å². The van der Waals surface area contributed by atoms with Crippen molar-refractivity contribution in [3.63, 3.8) is 0 Å². The van der Waals surface area contributed by atoms with E-state index >= 15 is 0 Å². The molecule has 1 amide bonds. The zero-order valence-corrected chi connectivity index (χ0v) is 10.4. The van der Waals surface area contributed by atoms with E-state index in [1.54, 1.807) is 0 Å². The first-order chi connectivity index (χ1) is 8.86. The third-order valence-electron chi connectivity index (χ3n) is 3.68. The number of nitrogens with zero attached hydrogens (tertiary/aromatic N) is 1. The van der Waals surface area contributed by atoms with Crippen molar-refractivity contribution >= 4 is 5.91 Å². The molecule has 1 unspecified atom stereocenters. The largest absolute Gasteiger partial charge is 0.378 e. The molecule has 0 aromatic heterocycles. The highest BCUT2D eigenvalue weighted by molar-refractivity contribution is 5.84. The van der Waals surface area contributed by atoms with Gasteiger partial charge >= 0.3 is 0 Å². The van der Waals surface area contributed by atoms with Gasteiger partial charge in [-0.25, -0.2) is 0 Å². The molecule has 1 saturated heterocycles. The molecule has 2 aliphatic heterocycles. The van der Waals surface area contributed by atoms with Gasteiger partial charge in [-0.15, -0.1) is 0 Å². The SMILES string of the molecule is O=C(C1NCCc2ccccc21)N1CCOCC1. The molecule has 96 valence electrons. The maximum Gasteiger partial charge on any atom is 0.244 e. The number of carbonyl (C=O) groups is 1. The minimum absolute atomic E-state index is 0.173. The Balaban J connectivity index is 1.82. The van der Waals surface area contributed by atoms with Crippen molar-refractivity contribution < 1.29 is 9.53 Å². The van der Waals surface area contributed by atoms with Gasteiger partial charge in [-0.1, -0.05) is 24.3 Å². The average molecular weight is 246 g/mol. The summed E-state index contributed by atoms with van der Waals surface area (Å²) in [4.78, 5) is 14.4. The van der Waals surface area contributed by atoms with Gasteiger partial charge in [-0.2, -0.15) is 0 Å². The molecule has 3 rings (SSSR count). The Morgan fingerprint density at radius 3 is 2.89 bits per heavy atom. The number of amides is 1. The van der Waals surface area contributed by atoms with Gasteiger partial charge in [-0.05, 0) is 17.5 Å². The summed E-state index contributed by atoms with van der Waals surface area (Å²) in [5.74, 6) is 0.186. The molecule has 4 nitrogen and oxygen atoms in total. The Labute approximate surface area is 107 Å². The molecule has 0 spiro atoms. The van der Waals surface area contributed by atoms with Crippen LogP contribution in [0.15, 0.2) is 24.3 Å². The molecule has 4 heteroatoms. The van der Waals surface area contributed by atoms with Gasteiger partial charge in [0.1, 0.15) is 6.04 Å². The smallest absolute Gasteiger partial charge is 0.244 e. The van der Waals surface area contributed by atoms with Gasteiger partial charge < -0.3 is 15.0 Å². The quantitative estimate of drug-likeness (QED) is 0.794. The number of fused-ring (bicyclic) bond motifs is 1. The summed E-state index contributed by atoms with van der Waals surface area (Å²) >= 11 is 0. The number of hydrogen-bond donors (Lipinski definition) is 1. The summed E-state index contributed by atoms with van der Waals surface area (Å²) in [5.41, 5.74) is 2.43. The Hall–Kier alpha value is -1.39. The Kier molecular flexibility index (Phi) is 3.30. The van der Waals surface area contributed by atoms with Gasteiger partial charge in [0.2, 0.25) is 5.91 Å². The van der Waals surface area contributed by atoms with Crippen molar-refractivity contribution in [2.45, 2.75) is 12.5 Å². The molecule has 1 aromatic rings. The number of hydrogen-bond acceptors (Lipinski definition) is 3. The van der Waals surface area contributed by atoms with Gasteiger partial charge in [0.25, 0.3) is 0 Å². The van der Waals surface area contributed by atoms with Crippen LogP contribution in [0.2, 0.25) is 0 Å². The number of ether oxygens (including phenoxy) is 1. The molecular formula is C14H18N2O2. The molecule has 1 N–H and O–H groups in total. The van der Waals surface area contributed by atoms with E-state index in [2.05, 4.69) is 17.4 Å². The van der Waals surface area contributed by atoms with E-state index in [0.717, 1.165) is 18.5 Å². The second kappa shape index (κ2) is 5.08. The number of carbonyl (C=O) groups excluding carboxylic acids is 1. The van der Waals surface area contributed by atoms with Crippen molar-refractivity contribution in [1.82, 2.24) is 10.2 Å². The van der Waals surface area contributed by atoms with Gasteiger partial charge in [0.15, 0.2) is 0 Å². The van der Waals surface area contributed by atoms with Gasteiger partial charge in [-0.3, -0.25) is 4.79 Å². The maximum absolute atomic E-state index is 12.5. The zero-order chi connectivity index (χ0) is 12.4. The number of morpholine rings is 1. The minimum atomic E-state index is -0.173. The first-order valence-electron chi connectivity index (χ1n) is 6.54. The second-order valence-electron chi connectivity index (χ2n) is 4.77. The summed E-state index contributed by atoms with van der Waals surface area (Å²) in [7, 11) is 0. The lowest BCUT2D eigenvalue weighted by molar-refractivity contribution is -0.137. The summed E-state index contributed by atoms with van der Waals surface area (Å²) in [6, 6.07) is 8.06. The maximum atomic E-state index is 12.5. The van der Waals surface area contributed by atoms with E-state index in [9.17, 15) is 4.79 Å². The normalized spacial score (nSPS) is 23.6. The first-order valence-corrected chi connectivity index (χ1v) is 6.54. The monoisotopic (exact) mass is 246 g/mol. The minimum Gasteiger partial charge on any atom is -0.378 e. The molecule has 0 radical (unpaired) electrons. The van der Waals surface area contributed by atoms with Crippen LogP contribution >= 0.6 is 0 Å². The Bertz CT molecular complexity index is 441. The fraction of sp³-hybridized carbons (Fsp3) is 0.500. The Morgan fingerprint density at radius 2 is 2.06 bits per heavy atom. The van der Waals surface area contributed by atoms with Crippen LogP contribution in [0.25, 0.3) is 0 Å². The van der Waals surface area contributed by atoms with Crippen LogP contribution in [0.5, 0.6) is 0 Å². The molecule has 1 atom stereocenters. The highest BCUT2D eigenvalue weighted by Crippen LogP contribution is 2.24. The van der Waals surface area contributed by atoms with Crippen LogP contribution in [-0.4, -0.2) is 43.7 Å². The summed E-state index contributed by atoms with van der Waals surface area (Å²) in [6.07, 6.45) is 1.00. The predicted molar refractivity (Wildman–Crippen MR) is 68.3 cm³/mol. The van der Waals surface area contributed by atoms with E-state index in [1.165, 1.54) is 5.56 Å². The second-order valence-corrected chi connectivity index (χ2v) is 4.77. The van der Waals surface area contributed by atoms with E-state index in [4.69, 9.17) is 4.74 Å². The highest BCUT2D eigenvalue weighted by Gasteiger charge is 2.30. The molecule has 0 bridgehead atoms. The van der Waals surface area contributed by atoms with Crippen molar-refractivity contribution in [1.29, 1.82) is 0 Å².